The third-order valence-electron chi connectivity index (χ3n) is 9.70. The number of phosphoric ester groups is 1. The summed E-state index contributed by atoms with van der Waals surface area (Å²) in [4.78, 5) is 43.0. The number of unbranched alkanes of at least 4 members (excludes halogenated alkanes) is 20. The Morgan fingerprint density at radius 3 is 1.53 bits per heavy atom. The van der Waals surface area contributed by atoms with Crippen molar-refractivity contribution in [1.82, 2.24) is 0 Å². The number of rotatable bonds is 41. The fourth-order valence-corrected chi connectivity index (χ4v) is 6.57. The maximum atomic E-state index is 12.4. The largest absolute Gasteiger partial charge is 0.469 e. The van der Waals surface area contributed by atoms with Crippen molar-refractivity contribution in [2.45, 2.75) is 212 Å². The molecule has 10 nitrogen and oxygen atoms in total. The van der Waals surface area contributed by atoms with Crippen molar-refractivity contribution in [3.05, 3.63) is 60.8 Å². The van der Waals surface area contributed by atoms with Gasteiger partial charge in [0.1, 0.15) is 6.61 Å². The minimum atomic E-state index is -4.82. The Hall–Kier alpha value is -2.33. The van der Waals surface area contributed by atoms with E-state index in [0.29, 0.717) is 25.7 Å². The fourth-order valence-electron chi connectivity index (χ4n) is 6.21. The van der Waals surface area contributed by atoms with E-state index in [1.807, 2.05) is 6.08 Å². The lowest BCUT2D eigenvalue weighted by Crippen LogP contribution is -2.29. The SMILES string of the molecule is CCCCC/C=C\C[C@@H](O)/C=C/C=C/C=C\[C@@H](O)CCCC(=O)OC[C@H](COP(=O)(O)O)OC(=O)CCCCCCCCCCCCC/C=C\CCCCCCCC. The molecule has 0 aromatic carbocycles. The highest BCUT2D eigenvalue weighted by atomic mass is 31.2. The van der Waals surface area contributed by atoms with Gasteiger partial charge in [-0.05, 0) is 64.2 Å². The van der Waals surface area contributed by atoms with Gasteiger partial charge in [0, 0.05) is 12.8 Å². The molecule has 0 saturated heterocycles. The van der Waals surface area contributed by atoms with Gasteiger partial charge in [0.15, 0.2) is 6.10 Å². The Balaban J connectivity index is 4.09. The first-order chi connectivity index (χ1) is 28.1. The summed E-state index contributed by atoms with van der Waals surface area (Å²) in [6.45, 7) is 3.42. The van der Waals surface area contributed by atoms with Crippen LogP contribution in [0.15, 0.2) is 60.8 Å². The van der Waals surface area contributed by atoms with Gasteiger partial charge >= 0.3 is 19.8 Å². The molecular formula is C47H83O10P. The summed E-state index contributed by atoms with van der Waals surface area (Å²) in [6.07, 6.45) is 45.7. The van der Waals surface area contributed by atoms with Crippen molar-refractivity contribution >= 4 is 19.8 Å². The molecule has 0 aliphatic heterocycles. The Bertz CT molecular complexity index is 1160. The summed E-state index contributed by atoms with van der Waals surface area (Å²) in [6, 6.07) is 0. The highest BCUT2D eigenvalue weighted by molar-refractivity contribution is 7.46. The predicted octanol–water partition coefficient (Wildman–Crippen LogP) is 12.0. The van der Waals surface area contributed by atoms with Crippen molar-refractivity contribution in [3.63, 3.8) is 0 Å². The number of aliphatic hydroxyl groups is 2. The minimum Gasteiger partial charge on any atom is -0.462 e. The molecule has 0 radical (unpaired) electrons. The first kappa shape index (κ1) is 55.7. The first-order valence-corrected chi connectivity index (χ1v) is 24.3. The maximum absolute atomic E-state index is 12.4. The average molecular weight is 839 g/mol. The van der Waals surface area contributed by atoms with Gasteiger partial charge in [-0.2, -0.15) is 0 Å². The molecule has 0 saturated carbocycles. The summed E-state index contributed by atoms with van der Waals surface area (Å²) in [5.74, 6) is -1.13. The van der Waals surface area contributed by atoms with E-state index in [1.54, 1.807) is 36.5 Å². The maximum Gasteiger partial charge on any atom is 0.469 e. The van der Waals surface area contributed by atoms with E-state index in [0.717, 1.165) is 25.7 Å². The Kier molecular flexibility index (Phi) is 39.7. The van der Waals surface area contributed by atoms with Crippen molar-refractivity contribution in [1.29, 1.82) is 0 Å². The lowest BCUT2D eigenvalue weighted by molar-refractivity contribution is -0.161. The lowest BCUT2D eigenvalue weighted by atomic mass is 10.0. The van der Waals surface area contributed by atoms with Crippen LogP contribution >= 0.6 is 7.82 Å². The van der Waals surface area contributed by atoms with Crippen LogP contribution in [0.25, 0.3) is 0 Å². The van der Waals surface area contributed by atoms with Gasteiger partial charge in [0.05, 0.1) is 18.8 Å². The van der Waals surface area contributed by atoms with Crippen LogP contribution in [-0.2, 0) is 28.2 Å². The summed E-state index contributed by atoms with van der Waals surface area (Å²) in [5, 5.41) is 20.2. The molecular weight excluding hydrogens is 755 g/mol. The molecule has 0 fully saturated rings. The van der Waals surface area contributed by atoms with Gasteiger partial charge in [0.2, 0.25) is 0 Å². The second-order valence-corrected chi connectivity index (χ2v) is 16.7. The van der Waals surface area contributed by atoms with Crippen LogP contribution in [0.5, 0.6) is 0 Å². The monoisotopic (exact) mass is 839 g/mol. The van der Waals surface area contributed by atoms with Crippen LogP contribution in [0.1, 0.15) is 194 Å². The molecule has 0 aliphatic carbocycles. The third kappa shape index (κ3) is 43.3. The Labute approximate surface area is 352 Å². The van der Waals surface area contributed by atoms with Gasteiger partial charge < -0.3 is 29.5 Å². The second-order valence-electron chi connectivity index (χ2n) is 15.4. The lowest BCUT2D eigenvalue weighted by Gasteiger charge is -2.18. The predicted molar refractivity (Wildman–Crippen MR) is 237 cm³/mol. The van der Waals surface area contributed by atoms with E-state index in [-0.39, 0.29) is 12.8 Å². The quantitative estimate of drug-likeness (QED) is 0.0153. The van der Waals surface area contributed by atoms with Gasteiger partial charge in [-0.1, -0.05) is 177 Å². The number of aliphatic hydroxyl groups excluding tert-OH is 2. The van der Waals surface area contributed by atoms with Crippen molar-refractivity contribution < 1.29 is 48.2 Å². The molecule has 0 spiro atoms. The molecule has 0 bridgehead atoms. The number of esters is 2. The molecule has 3 atom stereocenters. The summed E-state index contributed by atoms with van der Waals surface area (Å²) >= 11 is 0. The van der Waals surface area contributed by atoms with E-state index in [9.17, 15) is 24.4 Å². The highest BCUT2D eigenvalue weighted by Crippen LogP contribution is 2.36. The zero-order chi connectivity index (χ0) is 42.8. The number of carbonyl (C=O) groups is 2. The molecule has 0 aromatic rings. The summed E-state index contributed by atoms with van der Waals surface area (Å²) in [5.41, 5.74) is 0. The molecule has 0 unspecified atom stereocenters. The van der Waals surface area contributed by atoms with Crippen LogP contribution < -0.4 is 0 Å². The summed E-state index contributed by atoms with van der Waals surface area (Å²) in [7, 11) is -4.82. The zero-order valence-electron chi connectivity index (χ0n) is 36.4. The van der Waals surface area contributed by atoms with Crippen LogP contribution in [0, 0.1) is 0 Å². The Morgan fingerprint density at radius 2 is 0.983 bits per heavy atom. The first-order valence-electron chi connectivity index (χ1n) is 22.8. The molecule has 58 heavy (non-hydrogen) atoms. The van der Waals surface area contributed by atoms with Crippen LogP contribution in [0.2, 0.25) is 0 Å². The van der Waals surface area contributed by atoms with Gasteiger partial charge in [-0.3, -0.25) is 14.1 Å². The minimum absolute atomic E-state index is 0.00564. The highest BCUT2D eigenvalue weighted by Gasteiger charge is 2.23. The van der Waals surface area contributed by atoms with Gasteiger partial charge in [-0.15, -0.1) is 0 Å². The third-order valence-corrected chi connectivity index (χ3v) is 10.2. The number of hydrogen-bond donors (Lipinski definition) is 4. The molecule has 11 heteroatoms. The molecule has 0 heterocycles. The van der Waals surface area contributed by atoms with Crippen molar-refractivity contribution in [2.24, 2.45) is 0 Å². The standard InChI is InChI=1S/C47H83O10P/c1-3-5-7-9-11-12-13-14-15-16-17-18-19-20-21-22-23-24-25-27-33-39-47(51)57-45(42-56-58(52,53)54)41-55-46(50)40-34-38-44(49)37-32-29-28-31-36-43(48)35-30-26-10-8-6-4-2/h14-15,26,28-32,36-37,43-45,48-49H,3-13,16-25,27,33-35,38-42H2,1-2H3,(H2,52,53,54)/b15-14-,29-28+,30-26-,36-31+,37-32-/t43-,44-,45-/m1/s1. The molecule has 0 amide bonds. The number of ether oxygens (including phenoxy) is 2. The number of allylic oxidation sites excluding steroid dienone is 7. The zero-order valence-corrected chi connectivity index (χ0v) is 37.3. The molecule has 0 aliphatic rings. The fraction of sp³-hybridized carbons (Fsp3) is 0.745. The number of phosphoric acid groups is 1. The van der Waals surface area contributed by atoms with E-state index in [2.05, 4.69) is 36.6 Å². The van der Waals surface area contributed by atoms with Crippen molar-refractivity contribution in [3.8, 4) is 0 Å². The van der Waals surface area contributed by atoms with E-state index < -0.39 is 51.3 Å². The van der Waals surface area contributed by atoms with E-state index >= 15 is 0 Å². The molecule has 336 valence electrons. The summed E-state index contributed by atoms with van der Waals surface area (Å²) < 4.78 is 26.3. The normalized spacial score (nSPS) is 14.1. The van der Waals surface area contributed by atoms with Gasteiger partial charge in [-0.25, -0.2) is 4.57 Å². The van der Waals surface area contributed by atoms with Crippen LogP contribution in [0.4, 0.5) is 0 Å². The molecule has 0 rings (SSSR count). The molecule has 0 aromatic heterocycles. The van der Waals surface area contributed by atoms with E-state index in [4.69, 9.17) is 19.3 Å². The average Bonchev–Trinajstić information content (AvgIpc) is 3.18. The van der Waals surface area contributed by atoms with Crippen LogP contribution in [0.3, 0.4) is 0 Å². The van der Waals surface area contributed by atoms with Crippen LogP contribution in [-0.4, -0.2) is 63.5 Å². The topological polar surface area (TPSA) is 160 Å². The smallest absolute Gasteiger partial charge is 0.462 e. The Morgan fingerprint density at radius 1 is 0.534 bits per heavy atom. The number of carbonyl (C=O) groups excluding carboxylic acids is 2. The van der Waals surface area contributed by atoms with Crippen molar-refractivity contribution in [2.75, 3.05) is 13.2 Å². The number of hydrogen-bond acceptors (Lipinski definition) is 8. The molecule has 4 N–H and O–H groups in total. The van der Waals surface area contributed by atoms with E-state index in [1.165, 1.54) is 116 Å². The van der Waals surface area contributed by atoms with Gasteiger partial charge in [0.25, 0.3) is 0 Å². The second kappa shape index (κ2) is 41.4.